The van der Waals surface area contributed by atoms with Crippen LogP contribution in [0.25, 0.3) is 0 Å². The minimum Gasteiger partial charge on any atom is -0.313 e. The Kier molecular flexibility index (Phi) is 5.51. The molecule has 0 saturated carbocycles. The highest BCUT2D eigenvalue weighted by molar-refractivity contribution is 7.91. The number of sulfonamides is 1. The van der Waals surface area contributed by atoms with Gasteiger partial charge in [-0.3, -0.25) is 4.68 Å². The van der Waals surface area contributed by atoms with Crippen molar-refractivity contribution in [2.45, 2.75) is 24.1 Å². The van der Waals surface area contributed by atoms with Crippen molar-refractivity contribution in [2.24, 2.45) is 7.05 Å². The lowest BCUT2D eigenvalue weighted by Crippen LogP contribution is -2.25. The predicted octanol–water partition coefficient (Wildman–Crippen LogP) is 1.11. The van der Waals surface area contributed by atoms with Crippen LogP contribution in [-0.2, 0) is 30.0 Å². The van der Waals surface area contributed by atoms with Crippen LogP contribution >= 0.6 is 11.3 Å². The van der Waals surface area contributed by atoms with E-state index in [2.05, 4.69) is 15.1 Å². The Bertz CT molecular complexity index is 676. The molecule has 0 amide bonds. The molecule has 2 heterocycles. The molecule has 116 valence electrons. The van der Waals surface area contributed by atoms with E-state index in [0.717, 1.165) is 17.7 Å². The fraction of sp³-hybridized carbons (Fsp3) is 0.462. The van der Waals surface area contributed by atoms with E-state index in [0.29, 0.717) is 23.7 Å². The number of hydrogen-bond donors (Lipinski definition) is 2. The lowest BCUT2D eigenvalue weighted by Gasteiger charge is -2.03. The zero-order valence-corrected chi connectivity index (χ0v) is 13.8. The summed E-state index contributed by atoms with van der Waals surface area (Å²) in [5.74, 6) is 0. The van der Waals surface area contributed by atoms with Gasteiger partial charge >= 0.3 is 0 Å². The van der Waals surface area contributed by atoms with Crippen molar-refractivity contribution in [1.29, 1.82) is 0 Å². The SMILES string of the molecule is CCNCc1csc(S(=O)(=O)NCCc2cnn(C)c2)c1. The second-order valence-electron chi connectivity index (χ2n) is 4.72. The van der Waals surface area contributed by atoms with Crippen LogP contribution in [0.4, 0.5) is 0 Å². The molecule has 21 heavy (non-hydrogen) atoms. The van der Waals surface area contributed by atoms with Crippen molar-refractivity contribution in [3.8, 4) is 0 Å². The summed E-state index contributed by atoms with van der Waals surface area (Å²) in [6.45, 7) is 3.94. The zero-order chi connectivity index (χ0) is 15.3. The monoisotopic (exact) mass is 328 g/mol. The van der Waals surface area contributed by atoms with Gasteiger partial charge in [-0.15, -0.1) is 11.3 Å². The summed E-state index contributed by atoms with van der Waals surface area (Å²) >= 11 is 1.25. The van der Waals surface area contributed by atoms with Crippen LogP contribution in [0.3, 0.4) is 0 Å². The van der Waals surface area contributed by atoms with Gasteiger partial charge in [0.2, 0.25) is 10.0 Å². The maximum absolute atomic E-state index is 12.2. The molecule has 0 aliphatic heterocycles. The molecule has 0 bridgehead atoms. The number of thiophene rings is 1. The third-order valence-corrected chi connectivity index (χ3v) is 5.89. The minimum absolute atomic E-state index is 0.363. The van der Waals surface area contributed by atoms with E-state index in [4.69, 9.17) is 0 Å². The molecule has 6 nitrogen and oxygen atoms in total. The number of aryl methyl sites for hydroxylation is 1. The normalized spacial score (nSPS) is 11.9. The van der Waals surface area contributed by atoms with E-state index in [9.17, 15) is 8.42 Å². The highest BCUT2D eigenvalue weighted by Crippen LogP contribution is 2.20. The molecule has 0 saturated heterocycles. The van der Waals surface area contributed by atoms with Crippen LogP contribution in [0, 0.1) is 0 Å². The second kappa shape index (κ2) is 7.17. The molecule has 0 spiro atoms. The summed E-state index contributed by atoms with van der Waals surface area (Å²) in [6.07, 6.45) is 4.25. The molecule has 0 unspecified atom stereocenters. The zero-order valence-electron chi connectivity index (χ0n) is 12.2. The standard InChI is InChI=1S/C13H20N4O2S2/c1-3-14-7-12-6-13(20-10-12)21(18,19)16-5-4-11-8-15-17(2)9-11/h6,8-10,14,16H,3-5,7H2,1-2H3. The molecule has 0 aromatic carbocycles. The molecular formula is C13H20N4O2S2. The van der Waals surface area contributed by atoms with Gasteiger partial charge in [-0.1, -0.05) is 6.92 Å². The summed E-state index contributed by atoms with van der Waals surface area (Å²) in [4.78, 5) is 0. The summed E-state index contributed by atoms with van der Waals surface area (Å²) in [5, 5.41) is 9.11. The predicted molar refractivity (Wildman–Crippen MR) is 83.8 cm³/mol. The first-order valence-electron chi connectivity index (χ1n) is 6.76. The minimum atomic E-state index is -3.41. The van der Waals surface area contributed by atoms with Crippen molar-refractivity contribution in [3.63, 3.8) is 0 Å². The van der Waals surface area contributed by atoms with Gasteiger partial charge in [0, 0.05) is 26.3 Å². The number of nitrogens with one attached hydrogen (secondary N) is 2. The first-order valence-corrected chi connectivity index (χ1v) is 9.13. The molecule has 0 atom stereocenters. The third-order valence-electron chi connectivity index (χ3n) is 2.94. The van der Waals surface area contributed by atoms with E-state index in [1.54, 1.807) is 16.9 Å². The van der Waals surface area contributed by atoms with Gasteiger partial charge in [-0.2, -0.15) is 5.10 Å². The molecule has 0 radical (unpaired) electrons. The first kappa shape index (κ1) is 16.2. The summed E-state index contributed by atoms with van der Waals surface area (Å²) < 4.78 is 29.0. The summed E-state index contributed by atoms with van der Waals surface area (Å²) in [7, 11) is -1.58. The largest absolute Gasteiger partial charge is 0.313 e. The van der Waals surface area contributed by atoms with Crippen molar-refractivity contribution in [3.05, 3.63) is 35.0 Å². The van der Waals surface area contributed by atoms with Crippen molar-refractivity contribution >= 4 is 21.4 Å². The fourth-order valence-electron chi connectivity index (χ4n) is 1.86. The van der Waals surface area contributed by atoms with Gasteiger partial charge in [0.15, 0.2) is 0 Å². The lowest BCUT2D eigenvalue weighted by molar-refractivity contribution is 0.583. The van der Waals surface area contributed by atoms with Crippen LogP contribution < -0.4 is 10.0 Å². The highest BCUT2D eigenvalue weighted by atomic mass is 32.2. The van der Waals surface area contributed by atoms with Crippen molar-refractivity contribution in [2.75, 3.05) is 13.1 Å². The fourth-order valence-corrected chi connectivity index (χ4v) is 4.14. The Morgan fingerprint density at radius 2 is 2.19 bits per heavy atom. The molecule has 2 aromatic heterocycles. The number of hydrogen-bond acceptors (Lipinski definition) is 5. The molecular weight excluding hydrogens is 308 g/mol. The average molecular weight is 328 g/mol. The number of aromatic nitrogens is 2. The third kappa shape index (κ3) is 4.63. The van der Waals surface area contributed by atoms with Gasteiger partial charge in [0.25, 0.3) is 0 Å². The Labute approximate surface area is 129 Å². The molecule has 0 aliphatic rings. The summed E-state index contributed by atoms with van der Waals surface area (Å²) in [5.41, 5.74) is 2.01. The van der Waals surface area contributed by atoms with Crippen molar-refractivity contribution < 1.29 is 8.42 Å². The van der Waals surface area contributed by atoms with Gasteiger partial charge in [-0.05, 0) is 35.5 Å². The lowest BCUT2D eigenvalue weighted by atomic mass is 10.3. The molecule has 8 heteroatoms. The number of nitrogens with zero attached hydrogens (tertiary/aromatic N) is 2. The van der Waals surface area contributed by atoms with Crippen molar-refractivity contribution in [1.82, 2.24) is 19.8 Å². The van der Waals surface area contributed by atoms with E-state index in [1.807, 2.05) is 25.5 Å². The van der Waals surface area contributed by atoms with E-state index in [-0.39, 0.29) is 0 Å². The van der Waals surface area contributed by atoms with Crippen LogP contribution in [0.15, 0.2) is 28.0 Å². The van der Waals surface area contributed by atoms with E-state index >= 15 is 0 Å². The molecule has 2 rings (SSSR count). The molecule has 0 aliphatic carbocycles. The Balaban J connectivity index is 1.90. The Morgan fingerprint density at radius 3 is 2.86 bits per heavy atom. The van der Waals surface area contributed by atoms with Crippen LogP contribution in [0.2, 0.25) is 0 Å². The first-order chi connectivity index (χ1) is 10.0. The number of rotatable bonds is 8. The smallest absolute Gasteiger partial charge is 0.250 e. The summed E-state index contributed by atoms with van der Waals surface area (Å²) in [6, 6.07) is 1.72. The molecule has 2 aromatic rings. The highest BCUT2D eigenvalue weighted by Gasteiger charge is 2.16. The van der Waals surface area contributed by atoms with E-state index < -0.39 is 10.0 Å². The van der Waals surface area contributed by atoms with Crippen LogP contribution in [0.5, 0.6) is 0 Å². The second-order valence-corrected chi connectivity index (χ2v) is 7.63. The van der Waals surface area contributed by atoms with Gasteiger partial charge in [-0.25, -0.2) is 13.1 Å². The molecule has 0 fully saturated rings. The van der Waals surface area contributed by atoms with Gasteiger partial charge < -0.3 is 5.32 Å². The maximum Gasteiger partial charge on any atom is 0.250 e. The topological polar surface area (TPSA) is 76.0 Å². The van der Waals surface area contributed by atoms with Gasteiger partial charge in [0.1, 0.15) is 4.21 Å². The van der Waals surface area contributed by atoms with Gasteiger partial charge in [0.05, 0.1) is 6.20 Å². The molecule has 2 N–H and O–H groups in total. The van der Waals surface area contributed by atoms with E-state index in [1.165, 1.54) is 11.3 Å². The van der Waals surface area contributed by atoms with Crippen LogP contribution in [0.1, 0.15) is 18.1 Å². The average Bonchev–Trinajstić information content (AvgIpc) is 3.06. The van der Waals surface area contributed by atoms with Crippen LogP contribution in [-0.4, -0.2) is 31.3 Å². The Morgan fingerprint density at radius 1 is 1.38 bits per heavy atom. The Hall–Kier alpha value is -1.22. The maximum atomic E-state index is 12.2. The quantitative estimate of drug-likeness (QED) is 0.761.